The van der Waals surface area contributed by atoms with Crippen LogP contribution in [0.4, 0.5) is 0 Å². The Hall–Kier alpha value is 0.110. The van der Waals surface area contributed by atoms with Gasteiger partial charge >= 0.3 is 0 Å². The van der Waals surface area contributed by atoms with Gasteiger partial charge in [-0.2, -0.15) is 0 Å². The molecule has 0 spiro atoms. The fourth-order valence-corrected chi connectivity index (χ4v) is 3.19. The van der Waals surface area contributed by atoms with E-state index in [0.29, 0.717) is 6.54 Å². The number of hydrogen-bond acceptors (Lipinski definition) is 7. The number of hydrogen-bond donors (Lipinski definition) is 5. The second-order valence-electron chi connectivity index (χ2n) is 4.77. The van der Waals surface area contributed by atoms with Crippen molar-refractivity contribution < 1.29 is 25.2 Å². The molecular formula is C12H25NO5S. The van der Waals surface area contributed by atoms with Crippen molar-refractivity contribution >= 4 is 11.8 Å². The van der Waals surface area contributed by atoms with E-state index in [9.17, 15) is 15.3 Å². The molecule has 0 amide bonds. The molecule has 114 valence electrons. The molecule has 1 rings (SSSR count). The number of unbranched alkanes of at least 4 members (excludes halogenated alkanes) is 3. The minimum atomic E-state index is -1.28. The van der Waals surface area contributed by atoms with Gasteiger partial charge in [-0.3, -0.25) is 0 Å². The Morgan fingerprint density at radius 2 is 1.63 bits per heavy atom. The van der Waals surface area contributed by atoms with Gasteiger partial charge < -0.3 is 30.9 Å². The van der Waals surface area contributed by atoms with Crippen LogP contribution in [0.2, 0.25) is 0 Å². The summed E-state index contributed by atoms with van der Waals surface area (Å²) in [4.78, 5) is 0. The lowest BCUT2D eigenvalue weighted by Gasteiger charge is -2.39. The summed E-state index contributed by atoms with van der Waals surface area (Å²) < 4.78 is 5.39. The van der Waals surface area contributed by atoms with Gasteiger partial charge in [0.15, 0.2) is 0 Å². The molecule has 0 aromatic heterocycles. The number of nitrogens with two attached hydrogens (primary N) is 1. The zero-order valence-electron chi connectivity index (χ0n) is 11.0. The first-order valence-electron chi connectivity index (χ1n) is 6.74. The molecule has 1 aliphatic heterocycles. The summed E-state index contributed by atoms with van der Waals surface area (Å²) in [6.07, 6.45) is -0.334. The Labute approximate surface area is 118 Å². The lowest BCUT2D eigenvalue weighted by atomic mass is 10.0. The average Bonchev–Trinajstić information content (AvgIpc) is 2.42. The maximum absolute atomic E-state index is 9.81. The number of ether oxygens (including phenoxy) is 1. The zero-order chi connectivity index (χ0) is 14.3. The van der Waals surface area contributed by atoms with Crippen molar-refractivity contribution in [3.63, 3.8) is 0 Å². The molecule has 0 aliphatic carbocycles. The van der Waals surface area contributed by atoms with Crippen LogP contribution < -0.4 is 5.73 Å². The maximum Gasteiger partial charge on any atom is 0.132 e. The lowest BCUT2D eigenvalue weighted by Crippen LogP contribution is -2.57. The first-order valence-corrected chi connectivity index (χ1v) is 7.79. The van der Waals surface area contributed by atoms with Crippen LogP contribution in [0, 0.1) is 0 Å². The van der Waals surface area contributed by atoms with Crippen molar-refractivity contribution in [2.75, 3.05) is 18.9 Å². The normalized spacial score (nSPS) is 35.5. The Morgan fingerprint density at radius 3 is 2.26 bits per heavy atom. The Kier molecular flexibility index (Phi) is 8.24. The third-order valence-electron chi connectivity index (χ3n) is 3.23. The Morgan fingerprint density at radius 1 is 0.947 bits per heavy atom. The predicted octanol–water partition coefficient (Wildman–Crippen LogP) is -0.961. The van der Waals surface area contributed by atoms with Crippen LogP contribution in [0.15, 0.2) is 0 Å². The van der Waals surface area contributed by atoms with Gasteiger partial charge in [-0.25, -0.2) is 0 Å². The smallest absolute Gasteiger partial charge is 0.132 e. The van der Waals surface area contributed by atoms with Crippen LogP contribution in [-0.2, 0) is 4.74 Å². The van der Waals surface area contributed by atoms with Gasteiger partial charge in [0.25, 0.3) is 0 Å². The van der Waals surface area contributed by atoms with E-state index < -0.39 is 29.9 Å². The fourth-order valence-electron chi connectivity index (χ4n) is 2.00. The monoisotopic (exact) mass is 295 g/mol. The van der Waals surface area contributed by atoms with Crippen molar-refractivity contribution in [2.45, 2.75) is 55.5 Å². The molecule has 7 heteroatoms. The van der Waals surface area contributed by atoms with Gasteiger partial charge in [0.2, 0.25) is 0 Å². The van der Waals surface area contributed by atoms with Gasteiger partial charge in [0, 0.05) is 0 Å². The fraction of sp³-hybridized carbons (Fsp3) is 1.00. The van der Waals surface area contributed by atoms with Crippen LogP contribution in [0.25, 0.3) is 0 Å². The van der Waals surface area contributed by atoms with Crippen molar-refractivity contribution in [3.05, 3.63) is 0 Å². The van der Waals surface area contributed by atoms with Crippen LogP contribution >= 0.6 is 11.8 Å². The Balaban J connectivity index is 2.28. The molecule has 1 heterocycles. The zero-order valence-corrected chi connectivity index (χ0v) is 11.8. The molecule has 1 aliphatic rings. The maximum atomic E-state index is 9.81. The second kappa shape index (κ2) is 9.12. The van der Waals surface area contributed by atoms with E-state index in [1.807, 2.05) is 0 Å². The minimum absolute atomic E-state index is 0.376. The molecule has 5 atom stereocenters. The standard InChI is InChI=1S/C12H25NO5S/c13-5-3-1-2-4-6-19-12-11(17)10(16)9(15)8(7-14)18-12/h8-12,14-17H,1-7,13H2/t8-,9+,10+,11-,12+/m1/s1. The highest BCUT2D eigenvalue weighted by Crippen LogP contribution is 2.29. The highest BCUT2D eigenvalue weighted by atomic mass is 32.2. The summed E-state index contributed by atoms with van der Waals surface area (Å²) in [5.74, 6) is 0.799. The second-order valence-corrected chi connectivity index (χ2v) is 5.98. The topological polar surface area (TPSA) is 116 Å². The number of rotatable bonds is 8. The molecule has 0 radical (unpaired) electrons. The van der Waals surface area contributed by atoms with Crippen LogP contribution in [0.1, 0.15) is 25.7 Å². The van der Waals surface area contributed by atoms with Gasteiger partial charge in [0.05, 0.1) is 6.61 Å². The summed E-state index contributed by atoms with van der Waals surface area (Å²) in [5.41, 5.74) is 4.80. The summed E-state index contributed by atoms with van der Waals surface area (Å²) in [5, 5.41) is 38.1. The summed E-state index contributed by atoms with van der Waals surface area (Å²) in [6, 6.07) is 0. The van der Waals surface area contributed by atoms with E-state index in [0.717, 1.165) is 31.4 Å². The molecule has 0 aromatic carbocycles. The molecule has 6 nitrogen and oxygen atoms in total. The van der Waals surface area contributed by atoms with E-state index in [4.69, 9.17) is 15.6 Å². The molecule has 0 aromatic rings. The van der Waals surface area contributed by atoms with E-state index in [1.165, 1.54) is 11.8 Å². The van der Waals surface area contributed by atoms with E-state index in [2.05, 4.69) is 0 Å². The summed E-state index contributed by atoms with van der Waals surface area (Å²) in [6.45, 7) is 0.332. The molecular weight excluding hydrogens is 270 g/mol. The molecule has 6 N–H and O–H groups in total. The number of aliphatic hydroxyl groups is 4. The molecule has 1 saturated heterocycles. The van der Waals surface area contributed by atoms with Crippen molar-refractivity contribution in [2.24, 2.45) is 5.73 Å². The van der Waals surface area contributed by atoms with E-state index in [-0.39, 0.29) is 6.61 Å². The molecule has 0 bridgehead atoms. The number of aliphatic hydroxyl groups excluding tert-OH is 4. The van der Waals surface area contributed by atoms with Crippen LogP contribution in [-0.4, -0.2) is 69.2 Å². The summed E-state index contributed by atoms with van der Waals surface area (Å²) in [7, 11) is 0. The van der Waals surface area contributed by atoms with Crippen molar-refractivity contribution in [1.82, 2.24) is 0 Å². The molecule has 0 unspecified atom stereocenters. The van der Waals surface area contributed by atoms with Gasteiger partial charge in [-0.15, -0.1) is 11.8 Å². The first kappa shape index (κ1) is 17.2. The van der Waals surface area contributed by atoms with Gasteiger partial charge in [0.1, 0.15) is 29.9 Å². The predicted molar refractivity (Wildman–Crippen MR) is 73.7 cm³/mol. The lowest BCUT2D eigenvalue weighted by molar-refractivity contribution is -0.205. The Bertz CT molecular complexity index is 244. The van der Waals surface area contributed by atoms with E-state index in [1.54, 1.807) is 0 Å². The van der Waals surface area contributed by atoms with E-state index >= 15 is 0 Å². The molecule has 0 saturated carbocycles. The average molecular weight is 295 g/mol. The molecule has 19 heavy (non-hydrogen) atoms. The SMILES string of the molecule is NCCCCCCS[C@@H]1O[C@H](CO)[C@H](O)[C@H](O)[C@H]1O. The van der Waals surface area contributed by atoms with Crippen molar-refractivity contribution in [3.8, 4) is 0 Å². The van der Waals surface area contributed by atoms with Crippen molar-refractivity contribution in [1.29, 1.82) is 0 Å². The first-order chi connectivity index (χ1) is 9.11. The van der Waals surface area contributed by atoms with Crippen LogP contribution in [0.3, 0.4) is 0 Å². The third-order valence-corrected chi connectivity index (χ3v) is 4.47. The minimum Gasteiger partial charge on any atom is -0.394 e. The highest BCUT2D eigenvalue weighted by Gasteiger charge is 2.43. The molecule has 1 fully saturated rings. The summed E-state index contributed by atoms with van der Waals surface area (Å²) >= 11 is 1.40. The number of thioether (sulfide) groups is 1. The third kappa shape index (κ3) is 5.18. The highest BCUT2D eigenvalue weighted by molar-refractivity contribution is 7.99. The van der Waals surface area contributed by atoms with Gasteiger partial charge in [-0.05, 0) is 25.1 Å². The quantitative estimate of drug-likeness (QED) is 0.366. The van der Waals surface area contributed by atoms with Crippen LogP contribution in [0.5, 0.6) is 0 Å². The van der Waals surface area contributed by atoms with Gasteiger partial charge in [-0.1, -0.05) is 12.8 Å². The largest absolute Gasteiger partial charge is 0.394 e.